The monoisotopic (exact) mass is 562 g/mol. The zero-order valence-electron chi connectivity index (χ0n) is 22.4. The maximum atomic E-state index is 14.5. The number of carbonyl (C=O) groups excluding carboxylic acids is 1. The van der Waals surface area contributed by atoms with Crippen LogP contribution in [0.4, 0.5) is 10.3 Å². The van der Waals surface area contributed by atoms with E-state index in [0.29, 0.717) is 30.0 Å². The normalized spacial score (nSPS) is 15.4. The fraction of sp³-hybridized carbons (Fsp3) is 0.267. The molecule has 10 heteroatoms. The van der Waals surface area contributed by atoms with E-state index in [0.717, 1.165) is 21.9 Å². The molecule has 1 fully saturated rings. The van der Waals surface area contributed by atoms with E-state index in [4.69, 9.17) is 4.74 Å². The Morgan fingerprint density at radius 3 is 2.52 bits per heavy atom. The average molecular weight is 563 g/mol. The molecule has 8 nitrogen and oxygen atoms in total. The van der Waals surface area contributed by atoms with Gasteiger partial charge in [0.15, 0.2) is 0 Å². The Kier molecular flexibility index (Phi) is 8.11. The van der Waals surface area contributed by atoms with E-state index in [-0.39, 0.29) is 23.5 Å². The molecule has 1 aromatic heterocycles. The number of halogens is 1. The van der Waals surface area contributed by atoms with Crippen molar-refractivity contribution in [3.63, 3.8) is 0 Å². The van der Waals surface area contributed by atoms with Gasteiger partial charge in [0.25, 0.3) is 0 Å². The second kappa shape index (κ2) is 11.7. The van der Waals surface area contributed by atoms with Crippen LogP contribution in [0.3, 0.4) is 0 Å². The number of anilines is 1. The fourth-order valence-electron chi connectivity index (χ4n) is 4.59. The molecule has 0 radical (unpaired) electrons. The molecule has 4 aromatic rings. The molecule has 1 aliphatic heterocycles. The van der Waals surface area contributed by atoms with Crippen LogP contribution in [0.15, 0.2) is 83.9 Å². The number of hydrogen-bond donors (Lipinski definition) is 1. The molecular weight excluding hydrogens is 531 g/mol. The molecule has 5 rings (SSSR count). The number of sulfonamides is 1. The summed E-state index contributed by atoms with van der Waals surface area (Å²) in [4.78, 5) is 18.1. The summed E-state index contributed by atoms with van der Waals surface area (Å²) >= 11 is 0. The Morgan fingerprint density at radius 1 is 1.10 bits per heavy atom. The predicted molar refractivity (Wildman–Crippen MR) is 151 cm³/mol. The van der Waals surface area contributed by atoms with E-state index in [9.17, 15) is 17.6 Å². The van der Waals surface area contributed by atoms with Crippen molar-refractivity contribution in [2.24, 2.45) is 0 Å². The van der Waals surface area contributed by atoms with Crippen LogP contribution < -0.4 is 5.32 Å². The van der Waals surface area contributed by atoms with Gasteiger partial charge in [-0.3, -0.25) is 14.7 Å². The minimum atomic E-state index is -3.99. The lowest BCUT2D eigenvalue weighted by molar-refractivity contribution is -0.116. The Balaban J connectivity index is 1.45. The van der Waals surface area contributed by atoms with Gasteiger partial charge in [0, 0.05) is 24.9 Å². The van der Waals surface area contributed by atoms with Crippen LogP contribution in [-0.4, -0.2) is 54.0 Å². The molecule has 0 saturated carbocycles. The van der Waals surface area contributed by atoms with Gasteiger partial charge in [0.2, 0.25) is 21.9 Å². The Bertz CT molecular complexity index is 1600. The first-order valence-electron chi connectivity index (χ1n) is 13.1. The van der Waals surface area contributed by atoms with Crippen LogP contribution in [0.2, 0.25) is 0 Å². The van der Waals surface area contributed by atoms with Gasteiger partial charge in [-0.1, -0.05) is 54.1 Å². The minimum absolute atomic E-state index is 0.0521. The van der Waals surface area contributed by atoms with Crippen LogP contribution in [0, 0.1) is 19.7 Å². The van der Waals surface area contributed by atoms with Gasteiger partial charge in [0.05, 0.1) is 28.9 Å². The van der Waals surface area contributed by atoms with E-state index >= 15 is 0 Å². The highest BCUT2D eigenvalue weighted by atomic mass is 32.2. The average Bonchev–Trinajstić information content (AvgIpc) is 3.61. The molecule has 3 aromatic carbocycles. The van der Waals surface area contributed by atoms with Gasteiger partial charge < -0.3 is 4.74 Å². The molecule has 0 aliphatic carbocycles. The molecule has 0 bridgehead atoms. The Hall–Kier alpha value is -3.86. The van der Waals surface area contributed by atoms with E-state index in [1.807, 2.05) is 37.3 Å². The summed E-state index contributed by atoms with van der Waals surface area (Å²) in [5, 5.41) is 2.76. The van der Waals surface area contributed by atoms with Crippen LogP contribution in [0.5, 0.6) is 0 Å². The highest BCUT2D eigenvalue weighted by molar-refractivity contribution is 7.89. The van der Waals surface area contributed by atoms with E-state index in [1.165, 1.54) is 18.2 Å². The third-order valence-corrected chi connectivity index (χ3v) is 8.70. The molecule has 40 heavy (non-hydrogen) atoms. The molecular formula is C30H31FN4O4S. The van der Waals surface area contributed by atoms with Crippen molar-refractivity contribution in [1.82, 2.24) is 13.9 Å². The van der Waals surface area contributed by atoms with Crippen molar-refractivity contribution < 1.29 is 22.3 Å². The molecule has 208 valence electrons. The SMILES string of the molecule is Cc1ccc(S(=O)(=O)N(CC(=O)Nc2nc(-c3ccccc3)cn2-c2ccc(C)c(F)c2)CC2CCCO2)cc1. The largest absolute Gasteiger partial charge is 0.377 e. The van der Waals surface area contributed by atoms with Gasteiger partial charge in [-0.05, 0) is 56.5 Å². The Labute approximate surface area is 233 Å². The van der Waals surface area contributed by atoms with Gasteiger partial charge in [-0.25, -0.2) is 17.8 Å². The van der Waals surface area contributed by atoms with Crippen LogP contribution in [0.25, 0.3) is 16.9 Å². The minimum Gasteiger partial charge on any atom is -0.377 e. The highest BCUT2D eigenvalue weighted by Crippen LogP contribution is 2.26. The fourth-order valence-corrected chi connectivity index (χ4v) is 6.02. The zero-order valence-corrected chi connectivity index (χ0v) is 23.2. The number of nitrogens with one attached hydrogen (secondary N) is 1. The lowest BCUT2D eigenvalue weighted by Crippen LogP contribution is -2.42. The molecule has 0 spiro atoms. The second-order valence-electron chi connectivity index (χ2n) is 9.91. The quantitative estimate of drug-likeness (QED) is 0.306. The number of carbonyl (C=O) groups is 1. The number of imidazole rings is 1. The number of aryl methyl sites for hydroxylation is 2. The number of rotatable bonds is 9. The van der Waals surface area contributed by atoms with Gasteiger partial charge in [-0.15, -0.1) is 0 Å². The number of amides is 1. The highest BCUT2D eigenvalue weighted by Gasteiger charge is 2.31. The zero-order chi connectivity index (χ0) is 28.3. The summed E-state index contributed by atoms with van der Waals surface area (Å²) in [5.41, 5.74) is 3.27. The predicted octanol–water partition coefficient (Wildman–Crippen LogP) is 5.10. The molecule has 1 atom stereocenters. The topological polar surface area (TPSA) is 93.5 Å². The molecule has 2 heterocycles. The first kappa shape index (κ1) is 27.7. The first-order chi connectivity index (χ1) is 19.2. The van der Waals surface area contributed by atoms with E-state index in [2.05, 4.69) is 10.3 Å². The molecule has 1 unspecified atom stereocenters. The van der Waals surface area contributed by atoms with Gasteiger partial charge in [0.1, 0.15) is 5.82 Å². The van der Waals surface area contributed by atoms with Crippen molar-refractivity contribution in [3.8, 4) is 16.9 Å². The first-order valence-corrected chi connectivity index (χ1v) is 14.5. The third kappa shape index (κ3) is 6.14. The van der Waals surface area contributed by atoms with Crippen molar-refractivity contribution >= 4 is 21.9 Å². The number of benzene rings is 3. The van der Waals surface area contributed by atoms with Gasteiger partial charge in [-0.2, -0.15) is 4.31 Å². The molecule has 1 amide bonds. The number of ether oxygens (including phenoxy) is 1. The summed E-state index contributed by atoms with van der Waals surface area (Å²) < 4.78 is 50.1. The van der Waals surface area contributed by atoms with Crippen LogP contribution in [-0.2, 0) is 19.6 Å². The smallest absolute Gasteiger partial charge is 0.243 e. The lowest BCUT2D eigenvalue weighted by atomic mass is 10.2. The number of aromatic nitrogens is 2. The second-order valence-corrected chi connectivity index (χ2v) is 11.9. The van der Waals surface area contributed by atoms with Crippen molar-refractivity contribution in [2.75, 3.05) is 25.0 Å². The maximum absolute atomic E-state index is 14.5. The van der Waals surface area contributed by atoms with E-state index < -0.39 is 28.3 Å². The van der Waals surface area contributed by atoms with Crippen molar-refractivity contribution in [2.45, 2.75) is 37.7 Å². The lowest BCUT2D eigenvalue weighted by Gasteiger charge is -2.24. The molecule has 1 aliphatic rings. The summed E-state index contributed by atoms with van der Waals surface area (Å²) in [6.07, 6.45) is 2.96. The van der Waals surface area contributed by atoms with Crippen LogP contribution >= 0.6 is 0 Å². The summed E-state index contributed by atoms with van der Waals surface area (Å²) in [6, 6.07) is 20.7. The van der Waals surface area contributed by atoms with Gasteiger partial charge >= 0.3 is 0 Å². The summed E-state index contributed by atoms with van der Waals surface area (Å²) in [7, 11) is -3.99. The molecule has 1 saturated heterocycles. The third-order valence-electron chi connectivity index (χ3n) is 6.87. The van der Waals surface area contributed by atoms with Crippen LogP contribution in [0.1, 0.15) is 24.0 Å². The maximum Gasteiger partial charge on any atom is 0.243 e. The number of nitrogens with zero attached hydrogens (tertiary/aromatic N) is 3. The summed E-state index contributed by atoms with van der Waals surface area (Å²) in [6.45, 7) is 3.71. The standard InChI is InChI=1S/C30H31FN4O4S/c1-21-10-14-26(15-11-21)40(37,38)34(18-25-9-6-16-39-25)20-29(36)33-30-32-28(23-7-4-3-5-8-23)19-35(30)24-13-12-22(2)27(31)17-24/h3-5,7-8,10-15,17,19,25H,6,9,16,18,20H2,1-2H3,(H,32,33,36). The van der Waals surface area contributed by atoms with Crippen molar-refractivity contribution in [1.29, 1.82) is 0 Å². The number of hydrogen-bond acceptors (Lipinski definition) is 5. The van der Waals surface area contributed by atoms with E-state index in [1.54, 1.807) is 42.0 Å². The Morgan fingerprint density at radius 2 is 1.85 bits per heavy atom. The summed E-state index contributed by atoms with van der Waals surface area (Å²) in [5.74, 6) is -0.818. The molecule has 1 N–H and O–H groups in total. The van der Waals surface area contributed by atoms with Crippen molar-refractivity contribution in [3.05, 3.63) is 95.9 Å².